The summed E-state index contributed by atoms with van der Waals surface area (Å²) in [6.45, 7) is -0.188. The smallest absolute Gasteiger partial charge is 0.387 e. The summed E-state index contributed by atoms with van der Waals surface area (Å²) in [6.07, 6.45) is -5.94. The minimum atomic E-state index is -5.83. The molecule has 3 unspecified atom stereocenters. The van der Waals surface area contributed by atoms with E-state index < -0.39 is 65.1 Å². The Morgan fingerprint density at radius 2 is 1.97 bits per heavy atom. The molecule has 8 N–H and O–H groups in total. The Morgan fingerprint density at radius 3 is 2.57 bits per heavy atom. The van der Waals surface area contributed by atoms with Crippen molar-refractivity contribution >= 4 is 52.2 Å². The van der Waals surface area contributed by atoms with Gasteiger partial charge in [0.1, 0.15) is 18.9 Å². The van der Waals surface area contributed by atoms with Crippen LogP contribution in [0.5, 0.6) is 0 Å². The van der Waals surface area contributed by atoms with Gasteiger partial charge in [0.05, 0.1) is 12.4 Å². The molecule has 2 aromatic rings. The minimum Gasteiger partial charge on any atom is -0.387 e. The summed E-state index contributed by atoms with van der Waals surface area (Å²) in [4.78, 5) is 56.2. The average molecular weight is 612 g/mol. The standard InChI is InChI=1S/C14H18ClFN5O13P3/c1-6(32-36(27,28)34-37(29,30)33-35(24,25)26)8-9(22)14(15,3-2-4-16)12(31-8)21-5-18-7-10(21)19-13(17)20-11(7)23/h5-6,8-9,12,22H,4H2,1H3,(H,27,28)(H,29,30)(H2,24,25,26)(H3,17,19,20,23)/t6-,8+,9-,12+,14?/m0/s1. The Bertz CT molecular complexity index is 1450. The number of H-pyrrole nitrogens is 1. The maximum absolute atomic E-state index is 12.8. The number of nitrogens with zero attached hydrogens (tertiary/aromatic N) is 3. The van der Waals surface area contributed by atoms with Crippen LogP contribution in [0.15, 0.2) is 11.1 Å². The van der Waals surface area contributed by atoms with E-state index in [1.54, 1.807) is 0 Å². The molecule has 0 aliphatic carbocycles. The van der Waals surface area contributed by atoms with Crippen LogP contribution in [0.1, 0.15) is 13.2 Å². The Balaban J connectivity index is 1.95. The second kappa shape index (κ2) is 10.4. The van der Waals surface area contributed by atoms with Crippen molar-refractivity contribution in [1.29, 1.82) is 0 Å². The zero-order valence-corrected chi connectivity index (χ0v) is 21.6. The van der Waals surface area contributed by atoms with E-state index >= 15 is 0 Å². The molecule has 18 nitrogen and oxygen atoms in total. The number of phosphoric acid groups is 3. The number of nitrogens with one attached hydrogen (secondary N) is 1. The number of nitrogen functional groups attached to an aromatic ring is 1. The molecule has 3 rings (SSSR count). The zero-order valence-electron chi connectivity index (χ0n) is 18.1. The van der Waals surface area contributed by atoms with Crippen LogP contribution >= 0.6 is 35.1 Å². The fraction of sp³-hybridized carbons (Fsp3) is 0.500. The number of nitrogens with two attached hydrogens (primary N) is 1. The number of fused-ring (bicyclic) bond motifs is 1. The van der Waals surface area contributed by atoms with Crippen molar-refractivity contribution in [3.63, 3.8) is 0 Å². The van der Waals surface area contributed by atoms with Crippen LogP contribution in [-0.2, 0) is 31.6 Å². The first-order valence-corrected chi connectivity index (χ1v) is 14.4. The first-order chi connectivity index (χ1) is 16.9. The lowest BCUT2D eigenvalue weighted by molar-refractivity contribution is -0.0728. The molecule has 3 heterocycles. The molecule has 37 heavy (non-hydrogen) atoms. The lowest BCUT2D eigenvalue weighted by Gasteiger charge is -2.26. The minimum absolute atomic E-state index is 0.188. The van der Waals surface area contributed by atoms with Crippen LogP contribution in [-0.4, -0.2) is 74.1 Å². The average Bonchev–Trinajstić information content (AvgIpc) is 3.23. The fourth-order valence-electron chi connectivity index (χ4n) is 3.33. The van der Waals surface area contributed by atoms with E-state index in [9.17, 15) is 37.8 Å². The van der Waals surface area contributed by atoms with Crippen molar-refractivity contribution < 1.29 is 60.6 Å². The molecule has 1 aliphatic rings. The number of anilines is 1. The van der Waals surface area contributed by atoms with E-state index in [0.29, 0.717) is 0 Å². The largest absolute Gasteiger partial charge is 0.490 e. The molecule has 1 fully saturated rings. The van der Waals surface area contributed by atoms with E-state index in [4.69, 9.17) is 31.9 Å². The number of aromatic nitrogens is 4. The van der Waals surface area contributed by atoms with Crippen LogP contribution in [0.25, 0.3) is 11.2 Å². The fourth-order valence-corrected chi connectivity index (χ4v) is 6.88. The number of halogens is 2. The maximum Gasteiger partial charge on any atom is 0.490 e. The quantitative estimate of drug-likeness (QED) is 0.114. The second-order valence-electron chi connectivity index (χ2n) is 7.28. The van der Waals surface area contributed by atoms with Gasteiger partial charge in [0.15, 0.2) is 22.3 Å². The Labute approximate surface area is 210 Å². The summed E-state index contributed by atoms with van der Waals surface area (Å²) in [6, 6.07) is 0. The molecule has 206 valence electrons. The van der Waals surface area contributed by atoms with Gasteiger partial charge >= 0.3 is 23.5 Å². The third-order valence-corrected chi connectivity index (χ3v) is 9.05. The van der Waals surface area contributed by atoms with E-state index in [-0.39, 0.29) is 17.1 Å². The Kier molecular flexibility index (Phi) is 8.41. The molecule has 0 spiro atoms. The van der Waals surface area contributed by atoms with Crippen LogP contribution in [0.4, 0.5) is 10.3 Å². The number of ether oxygens (including phenoxy) is 1. The van der Waals surface area contributed by atoms with Gasteiger partial charge in [-0.1, -0.05) is 23.4 Å². The molecule has 0 aromatic carbocycles. The number of hydrogen-bond donors (Lipinski definition) is 7. The molecule has 1 saturated heterocycles. The van der Waals surface area contributed by atoms with Gasteiger partial charge in [-0.2, -0.15) is 13.6 Å². The number of alkyl halides is 2. The van der Waals surface area contributed by atoms with E-state index in [2.05, 4.69) is 34.0 Å². The summed E-state index contributed by atoms with van der Waals surface area (Å²) in [5, 5.41) is 10.9. The zero-order chi connectivity index (χ0) is 28.0. The van der Waals surface area contributed by atoms with Gasteiger partial charge in [0.25, 0.3) is 5.56 Å². The van der Waals surface area contributed by atoms with Gasteiger partial charge in [-0.3, -0.25) is 18.9 Å². The van der Waals surface area contributed by atoms with Crippen LogP contribution in [0.2, 0.25) is 0 Å². The summed E-state index contributed by atoms with van der Waals surface area (Å²) in [5.41, 5.74) is 4.40. The van der Waals surface area contributed by atoms with Gasteiger partial charge in [-0.15, -0.1) is 0 Å². The highest BCUT2D eigenvalue weighted by Crippen LogP contribution is 2.66. The predicted molar refractivity (Wildman–Crippen MR) is 119 cm³/mol. The van der Waals surface area contributed by atoms with Crippen molar-refractivity contribution in [2.45, 2.75) is 36.3 Å². The van der Waals surface area contributed by atoms with E-state index in [1.165, 1.54) is 0 Å². The third kappa shape index (κ3) is 6.64. The SMILES string of the molecule is C[C@H](OP(=O)(O)OP(=O)(O)OP(=O)(O)O)[C@H]1O[C@@H](n2cnc3c(=O)[nH]c(N)nc32)C(Cl)(C#CCF)[C@H]1O. The number of imidazole rings is 1. The lowest BCUT2D eigenvalue weighted by atomic mass is 9.96. The number of aromatic amines is 1. The van der Waals surface area contributed by atoms with Gasteiger partial charge in [-0.05, 0) is 6.92 Å². The molecule has 1 aliphatic heterocycles. The van der Waals surface area contributed by atoms with Gasteiger partial charge in [0.2, 0.25) is 5.95 Å². The molecule has 23 heteroatoms. The predicted octanol–water partition coefficient (Wildman–Crippen LogP) is -0.358. The monoisotopic (exact) mass is 611 g/mol. The number of aliphatic hydroxyl groups is 1. The van der Waals surface area contributed by atoms with Gasteiger partial charge in [0, 0.05) is 0 Å². The highest BCUT2D eigenvalue weighted by Gasteiger charge is 2.58. The molecule has 7 atom stereocenters. The van der Waals surface area contributed by atoms with E-state index in [1.807, 2.05) is 5.92 Å². The number of hydrogen-bond acceptors (Lipinski definition) is 12. The summed E-state index contributed by atoms with van der Waals surface area (Å²) >= 11 is 6.51. The normalized spacial score (nSPS) is 28.3. The summed E-state index contributed by atoms with van der Waals surface area (Å²) in [7, 11) is -17.1. The van der Waals surface area contributed by atoms with E-state index in [0.717, 1.165) is 17.8 Å². The van der Waals surface area contributed by atoms with Crippen LogP contribution in [0.3, 0.4) is 0 Å². The van der Waals surface area contributed by atoms with Gasteiger partial charge < -0.3 is 35.2 Å². The second-order valence-corrected chi connectivity index (χ2v) is 12.3. The number of phosphoric ester groups is 1. The third-order valence-electron chi connectivity index (χ3n) is 4.62. The van der Waals surface area contributed by atoms with Gasteiger partial charge in [-0.25, -0.2) is 23.1 Å². The van der Waals surface area contributed by atoms with Crippen molar-refractivity contribution in [2.75, 3.05) is 12.4 Å². The maximum atomic E-state index is 12.8. The Hall–Kier alpha value is -1.74. The summed E-state index contributed by atoms with van der Waals surface area (Å²) in [5.74, 6) is 3.95. The van der Waals surface area contributed by atoms with Crippen LogP contribution < -0.4 is 11.3 Å². The first kappa shape index (κ1) is 29.8. The topological polar surface area (TPSA) is 279 Å². The summed E-state index contributed by atoms with van der Waals surface area (Å²) < 4.78 is 66.0. The Morgan fingerprint density at radius 1 is 1.32 bits per heavy atom. The van der Waals surface area contributed by atoms with Crippen molar-refractivity contribution in [1.82, 2.24) is 19.5 Å². The van der Waals surface area contributed by atoms with Crippen molar-refractivity contribution in [3.05, 3.63) is 16.7 Å². The molecule has 0 saturated carbocycles. The molecule has 0 amide bonds. The molecule has 2 aromatic heterocycles. The first-order valence-electron chi connectivity index (χ1n) is 9.52. The van der Waals surface area contributed by atoms with Crippen molar-refractivity contribution in [3.8, 4) is 11.8 Å². The highest BCUT2D eigenvalue weighted by molar-refractivity contribution is 7.66. The molecular weight excluding hydrogens is 594 g/mol. The van der Waals surface area contributed by atoms with Crippen LogP contribution in [0, 0.1) is 11.8 Å². The highest BCUT2D eigenvalue weighted by atomic mass is 35.5. The van der Waals surface area contributed by atoms with Crippen molar-refractivity contribution in [2.24, 2.45) is 0 Å². The molecular formula is C14H18ClFN5O13P3. The lowest BCUT2D eigenvalue weighted by Crippen LogP contribution is -2.43. The molecule has 0 bridgehead atoms. The molecule has 0 radical (unpaired) electrons. The number of rotatable bonds is 8. The number of aliphatic hydroxyl groups excluding tert-OH is 1.